The van der Waals surface area contributed by atoms with Crippen LogP contribution in [-0.2, 0) is 13.1 Å². The maximum Gasteiger partial charge on any atom is 0.0181 e. The fourth-order valence-corrected chi connectivity index (χ4v) is 4.07. The van der Waals surface area contributed by atoms with Gasteiger partial charge in [0.1, 0.15) is 0 Å². The van der Waals surface area contributed by atoms with Crippen molar-refractivity contribution < 1.29 is 0 Å². The fourth-order valence-electron chi connectivity index (χ4n) is 4.07. The van der Waals surface area contributed by atoms with Gasteiger partial charge in [0.2, 0.25) is 0 Å². The molecule has 0 spiro atoms. The van der Waals surface area contributed by atoms with E-state index in [4.69, 9.17) is 11.5 Å². The summed E-state index contributed by atoms with van der Waals surface area (Å²) in [6.45, 7) is 10.3. The predicted octanol–water partition coefficient (Wildman–Crippen LogP) is 2.63. The van der Waals surface area contributed by atoms with E-state index in [0.29, 0.717) is 19.0 Å². The summed E-state index contributed by atoms with van der Waals surface area (Å²) >= 11 is 0. The van der Waals surface area contributed by atoms with Gasteiger partial charge in [0.25, 0.3) is 0 Å². The van der Waals surface area contributed by atoms with Crippen molar-refractivity contribution in [1.82, 2.24) is 5.32 Å². The summed E-state index contributed by atoms with van der Waals surface area (Å²) in [5.74, 6) is 0.527. The van der Waals surface area contributed by atoms with Gasteiger partial charge >= 0.3 is 0 Å². The zero-order chi connectivity index (χ0) is 15.0. The molecule has 0 radical (unpaired) electrons. The molecule has 3 heteroatoms. The lowest BCUT2D eigenvalue weighted by Gasteiger charge is -2.47. The van der Waals surface area contributed by atoms with Crippen LogP contribution in [0.3, 0.4) is 0 Å². The van der Waals surface area contributed by atoms with Gasteiger partial charge in [0.05, 0.1) is 0 Å². The molecule has 20 heavy (non-hydrogen) atoms. The van der Waals surface area contributed by atoms with E-state index < -0.39 is 0 Å². The minimum atomic E-state index is 0.139. The molecule has 0 aliphatic carbocycles. The number of hydrogen-bond acceptors (Lipinski definition) is 3. The van der Waals surface area contributed by atoms with Crippen LogP contribution in [0.4, 0.5) is 0 Å². The van der Waals surface area contributed by atoms with Crippen LogP contribution in [-0.4, -0.2) is 11.1 Å². The molecule has 0 unspecified atom stereocenters. The molecule has 3 nitrogen and oxygen atoms in total. The Kier molecular flexibility index (Phi) is 4.24. The Morgan fingerprint density at radius 1 is 1.00 bits per heavy atom. The third-order valence-electron chi connectivity index (χ3n) is 4.32. The van der Waals surface area contributed by atoms with Crippen LogP contribution in [0.5, 0.6) is 0 Å². The van der Waals surface area contributed by atoms with Gasteiger partial charge in [-0.05, 0) is 63.1 Å². The minimum absolute atomic E-state index is 0.139. The van der Waals surface area contributed by atoms with Crippen molar-refractivity contribution in [3.63, 3.8) is 0 Å². The van der Waals surface area contributed by atoms with Crippen molar-refractivity contribution in [3.05, 3.63) is 34.9 Å². The van der Waals surface area contributed by atoms with Crippen molar-refractivity contribution in [2.45, 2.75) is 70.6 Å². The summed E-state index contributed by atoms with van der Waals surface area (Å²) in [7, 11) is 0. The van der Waals surface area contributed by atoms with Gasteiger partial charge in [0.15, 0.2) is 0 Å². The van der Waals surface area contributed by atoms with Gasteiger partial charge in [-0.2, -0.15) is 0 Å². The maximum atomic E-state index is 5.96. The molecular formula is C17H29N3. The number of rotatable bonds is 3. The van der Waals surface area contributed by atoms with Crippen LogP contribution in [0, 0.1) is 0 Å². The molecule has 0 bridgehead atoms. The van der Waals surface area contributed by atoms with E-state index in [1.54, 1.807) is 0 Å². The number of nitrogens with two attached hydrogens (primary N) is 2. The van der Waals surface area contributed by atoms with Crippen LogP contribution in [0.25, 0.3) is 0 Å². The second-order valence-corrected chi connectivity index (χ2v) is 7.40. The number of benzene rings is 1. The number of hydrogen-bond donors (Lipinski definition) is 3. The smallest absolute Gasteiger partial charge is 0.0181 e. The van der Waals surface area contributed by atoms with E-state index in [2.05, 4.69) is 51.2 Å². The SMILES string of the molecule is CC1(C)CC(c2c(CN)cccc2CN)CC(C)(C)N1. The fraction of sp³-hybridized carbons (Fsp3) is 0.647. The normalized spacial score (nSPS) is 21.9. The molecule has 2 rings (SSSR count). The lowest BCUT2D eigenvalue weighted by Crippen LogP contribution is -2.57. The summed E-state index contributed by atoms with van der Waals surface area (Å²) in [5, 5.41) is 3.74. The molecule has 1 saturated heterocycles. The largest absolute Gasteiger partial charge is 0.326 e. The highest BCUT2D eigenvalue weighted by Gasteiger charge is 2.39. The van der Waals surface area contributed by atoms with Crippen LogP contribution >= 0.6 is 0 Å². The van der Waals surface area contributed by atoms with Crippen molar-refractivity contribution in [2.24, 2.45) is 11.5 Å². The quantitative estimate of drug-likeness (QED) is 0.794. The standard InChI is InChI=1S/C17H29N3/c1-16(2)8-14(9-17(3,4)20-16)15-12(10-18)6-5-7-13(15)11-19/h5-7,14,20H,8-11,18-19H2,1-4H3. The van der Waals surface area contributed by atoms with Gasteiger partial charge < -0.3 is 16.8 Å². The molecule has 0 saturated carbocycles. The van der Waals surface area contributed by atoms with Gasteiger partial charge in [-0.3, -0.25) is 0 Å². The molecule has 1 aliphatic rings. The minimum Gasteiger partial charge on any atom is -0.326 e. The summed E-state index contributed by atoms with van der Waals surface area (Å²) < 4.78 is 0. The average Bonchev–Trinajstić information content (AvgIpc) is 2.33. The molecule has 5 N–H and O–H groups in total. The highest BCUT2D eigenvalue weighted by atomic mass is 15.0. The van der Waals surface area contributed by atoms with Crippen LogP contribution in [0.1, 0.15) is 63.1 Å². The van der Waals surface area contributed by atoms with Crippen LogP contribution in [0.2, 0.25) is 0 Å². The molecule has 1 aromatic carbocycles. The average molecular weight is 275 g/mol. The van der Waals surface area contributed by atoms with Crippen molar-refractivity contribution in [2.75, 3.05) is 0 Å². The highest BCUT2D eigenvalue weighted by Crippen LogP contribution is 2.41. The predicted molar refractivity (Wildman–Crippen MR) is 85.5 cm³/mol. The highest BCUT2D eigenvalue weighted by molar-refractivity contribution is 5.39. The lowest BCUT2D eigenvalue weighted by molar-refractivity contribution is 0.161. The first-order valence-corrected chi connectivity index (χ1v) is 7.58. The third kappa shape index (κ3) is 3.22. The van der Waals surface area contributed by atoms with Crippen molar-refractivity contribution >= 4 is 0 Å². The van der Waals surface area contributed by atoms with Crippen molar-refractivity contribution in [1.29, 1.82) is 0 Å². The van der Waals surface area contributed by atoms with Gasteiger partial charge in [-0.25, -0.2) is 0 Å². The van der Waals surface area contributed by atoms with Gasteiger partial charge in [-0.15, -0.1) is 0 Å². The molecule has 0 atom stereocenters. The monoisotopic (exact) mass is 275 g/mol. The van der Waals surface area contributed by atoms with Crippen LogP contribution < -0.4 is 16.8 Å². The zero-order valence-corrected chi connectivity index (χ0v) is 13.3. The summed E-state index contributed by atoms with van der Waals surface area (Å²) in [4.78, 5) is 0. The molecule has 1 aromatic rings. The first kappa shape index (κ1) is 15.5. The zero-order valence-electron chi connectivity index (χ0n) is 13.3. The van der Waals surface area contributed by atoms with E-state index in [9.17, 15) is 0 Å². The molecule has 0 aromatic heterocycles. The van der Waals surface area contributed by atoms with Crippen molar-refractivity contribution in [3.8, 4) is 0 Å². The summed E-state index contributed by atoms with van der Waals surface area (Å²) in [6, 6.07) is 6.37. The molecule has 0 amide bonds. The Balaban J connectivity index is 2.44. The van der Waals surface area contributed by atoms with Gasteiger partial charge in [-0.1, -0.05) is 18.2 Å². The number of nitrogens with one attached hydrogen (secondary N) is 1. The summed E-state index contributed by atoms with van der Waals surface area (Å²) in [5.41, 5.74) is 16.1. The Morgan fingerprint density at radius 2 is 1.45 bits per heavy atom. The number of piperidine rings is 1. The van der Waals surface area contributed by atoms with E-state index in [1.807, 2.05) is 0 Å². The topological polar surface area (TPSA) is 64.1 Å². The Bertz CT molecular complexity index is 439. The third-order valence-corrected chi connectivity index (χ3v) is 4.32. The van der Waals surface area contributed by atoms with Crippen LogP contribution in [0.15, 0.2) is 18.2 Å². The Morgan fingerprint density at radius 3 is 1.85 bits per heavy atom. The van der Waals surface area contributed by atoms with E-state index in [0.717, 1.165) is 12.8 Å². The molecule has 1 heterocycles. The first-order chi connectivity index (χ1) is 9.28. The lowest BCUT2D eigenvalue weighted by atomic mass is 9.71. The first-order valence-electron chi connectivity index (χ1n) is 7.58. The maximum absolute atomic E-state index is 5.96. The second kappa shape index (κ2) is 5.47. The molecule has 1 fully saturated rings. The Hall–Kier alpha value is -0.900. The van der Waals surface area contributed by atoms with Gasteiger partial charge in [0, 0.05) is 24.2 Å². The second-order valence-electron chi connectivity index (χ2n) is 7.40. The van der Waals surface area contributed by atoms with E-state index in [1.165, 1.54) is 16.7 Å². The van der Waals surface area contributed by atoms with E-state index >= 15 is 0 Å². The molecule has 1 aliphatic heterocycles. The molecular weight excluding hydrogens is 246 g/mol. The molecule has 112 valence electrons. The summed E-state index contributed by atoms with van der Waals surface area (Å²) in [6.07, 6.45) is 2.25. The van der Waals surface area contributed by atoms with E-state index in [-0.39, 0.29) is 11.1 Å². The Labute approximate surface area is 123 Å².